The first-order chi connectivity index (χ1) is 8.76. The van der Waals surface area contributed by atoms with Crippen molar-refractivity contribution in [3.05, 3.63) is 53.6 Å². The summed E-state index contributed by atoms with van der Waals surface area (Å²) in [6.45, 7) is 2.06. The molecule has 3 aromatic rings. The predicted molar refractivity (Wildman–Crippen MR) is 71.0 cm³/mol. The van der Waals surface area contributed by atoms with E-state index in [9.17, 15) is 0 Å². The first-order valence-electron chi connectivity index (χ1n) is 5.73. The van der Waals surface area contributed by atoms with E-state index < -0.39 is 0 Å². The highest BCUT2D eigenvalue weighted by molar-refractivity contribution is 5.80. The van der Waals surface area contributed by atoms with E-state index in [1.54, 1.807) is 6.07 Å². The van der Waals surface area contributed by atoms with Gasteiger partial charge in [-0.2, -0.15) is 5.26 Å². The Bertz CT molecular complexity index is 763. The number of nitrogens with zero attached hydrogens (tertiary/aromatic N) is 2. The van der Waals surface area contributed by atoms with Crippen molar-refractivity contribution in [3.8, 4) is 17.5 Å². The quantitative estimate of drug-likeness (QED) is 0.700. The molecule has 86 valence electrons. The van der Waals surface area contributed by atoms with Gasteiger partial charge in [0.25, 0.3) is 0 Å². The molecular weight excluding hydrogens is 222 g/mol. The fourth-order valence-electron chi connectivity index (χ4n) is 2.01. The van der Waals surface area contributed by atoms with Gasteiger partial charge in [0.05, 0.1) is 22.7 Å². The fraction of sp³-hybridized carbons (Fsp3) is 0.0667. The Hall–Kier alpha value is -2.60. The van der Waals surface area contributed by atoms with Crippen LogP contribution in [-0.4, -0.2) is 9.97 Å². The van der Waals surface area contributed by atoms with Crippen molar-refractivity contribution >= 4 is 11.0 Å². The van der Waals surface area contributed by atoms with Crippen LogP contribution in [0.1, 0.15) is 11.1 Å². The lowest BCUT2D eigenvalue weighted by molar-refractivity contribution is 1.32. The molecule has 0 aliphatic carbocycles. The first-order valence-corrected chi connectivity index (χ1v) is 5.73. The van der Waals surface area contributed by atoms with Crippen LogP contribution in [0.4, 0.5) is 0 Å². The molecule has 1 heterocycles. The number of nitrogens with one attached hydrogen (secondary N) is 1. The van der Waals surface area contributed by atoms with Gasteiger partial charge in [0.2, 0.25) is 0 Å². The lowest BCUT2D eigenvalue weighted by Gasteiger charge is -1.97. The van der Waals surface area contributed by atoms with Gasteiger partial charge >= 0.3 is 0 Å². The SMILES string of the molecule is Cc1cccc(-c2nc3ccc(C#N)cc3[nH]2)c1. The number of fused-ring (bicyclic) bond motifs is 1. The molecule has 0 aliphatic heterocycles. The molecule has 0 saturated heterocycles. The van der Waals surface area contributed by atoms with Crippen molar-refractivity contribution < 1.29 is 0 Å². The Morgan fingerprint density at radius 3 is 2.83 bits per heavy atom. The van der Waals surface area contributed by atoms with E-state index in [1.165, 1.54) is 5.56 Å². The summed E-state index contributed by atoms with van der Waals surface area (Å²) in [5.41, 5.74) is 4.67. The number of imidazole rings is 1. The summed E-state index contributed by atoms with van der Waals surface area (Å²) in [5, 5.41) is 8.87. The minimum atomic E-state index is 0.641. The fourth-order valence-corrected chi connectivity index (χ4v) is 2.01. The summed E-state index contributed by atoms with van der Waals surface area (Å²) < 4.78 is 0. The number of hydrogen-bond donors (Lipinski definition) is 1. The third-order valence-corrected chi connectivity index (χ3v) is 2.90. The maximum absolute atomic E-state index is 8.87. The number of nitriles is 1. The summed E-state index contributed by atoms with van der Waals surface area (Å²) in [6, 6.07) is 15.8. The normalized spacial score (nSPS) is 10.4. The van der Waals surface area contributed by atoms with Crippen LogP contribution in [0.5, 0.6) is 0 Å². The largest absolute Gasteiger partial charge is 0.338 e. The molecule has 0 radical (unpaired) electrons. The van der Waals surface area contributed by atoms with E-state index in [1.807, 2.05) is 24.3 Å². The second-order valence-electron chi connectivity index (χ2n) is 4.30. The molecule has 18 heavy (non-hydrogen) atoms. The molecule has 0 bridgehead atoms. The smallest absolute Gasteiger partial charge is 0.138 e. The van der Waals surface area contributed by atoms with Crippen LogP contribution in [0.25, 0.3) is 22.4 Å². The molecule has 3 heteroatoms. The van der Waals surface area contributed by atoms with Gasteiger partial charge in [0, 0.05) is 5.56 Å². The third kappa shape index (κ3) is 1.74. The average molecular weight is 233 g/mol. The lowest BCUT2D eigenvalue weighted by atomic mass is 10.1. The van der Waals surface area contributed by atoms with E-state index in [4.69, 9.17) is 5.26 Å². The minimum absolute atomic E-state index is 0.641. The Morgan fingerprint density at radius 1 is 1.17 bits per heavy atom. The Balaban J connectivity index is 2.17. The number of aryl methyl sites for hydroxylation is 1. The summed E-state index contributed by atoms with van der Waals surface area (Å²) in [6.07, 6.45) is 0. The Kier molecular flexibility index (Phi) is 2.35. The number of aromatic amines is 1. The summed E-state index contributed by atoms with van der Waals surface area (Å²) >= 11 is 0. The Morgan fingerprint density at radius 2 is 2.06 bits per heavy atom. The zero-order valence-corrected chi connectivity index (χ0v) is 9.94. The number of rotatable bonds is 1. The zero-order valence-electron chi connectivity index (χ0n) is 9.94. The van der Waals surface area contributed by atoms with Gasteiger partial charge in [-0.25, -0.2) is 4.98 Å². The van der Waals surface area contributed by atoms with Crippen LogP contribution in [0, 0.1) is 18.3 Å². The van der Waals surface area contributed by atoms with E-state index in [0.29, 0.717) is 5.56 Å². The van der Waals surface area contributed by atoms with Crippen LogP contribution in [-0.2, 0) is 0 Å². The van der Waals surface area contributed by atoms with Crippen LogP contribution >= 0.6 is 0 Å². The molecule has 0 atom stereocenters. The van der Waals surface area contributed by atoms with Gasteiger partial charge in [0.1, 0.15) is 5.82 Å². The highest BCUT2D eigenvalue weighted by Gasteiger charge is 2.05. The standard InChI is InChI=1S/C15H11N3/c1-10-3-2-4-12(7-10)15-17-13-6-5-11(9-16)8-14(13)18-15/h2-8H,1H3,(H,17,18). The molecule has 0 unspecified atom stereocenters. The van der Waals surface area contributed by atoms with Gasteiger partial charge in [0.15, 0.2) is 0 Å². The van der Waals surface area contributed by atoms with Gasteiger partial charge in [-0.15, -0.1) is 0 Å². The van der Waals surface area contributed by atoms with Gasteiger partial charge < -0.3 is 4.98 Å². The second-order valence-corrected chi connectivity index (χ2v) is 4.30. The number of H-pyrrole nitrogens is 1. The Labute approximate surface area is 105 Å². The van der Waals surface area contributed by atoms with Gasteiger partial charge in [-0.1, -0.05) is 23.8 Å². The third-order valence-electron chi connectivity index (χ3n) is 2.90. The summed E-state index contributed by atoms with van der Waals surface area (Å²) in [7, 11) is 0. The van der Waals surface area contributed by atoms with Crippen molar-refractivity contribution in [3.63, 3.8) is 0 Å². The topological polar surface area (TPSA) is 52.5 Å². The number of aromatic nitrogens is 2. The first kappa shape index (κ1) is 10.5. The molecule has 0 aliphatic rings. The van der Waals surface area contributed by atoms with Crippen LogP contribution in [0.15, 0.2) is 42.5 Å². The van der Waals surface area contributed by atoms with Crippen LogP contribution in [0.2, 0.25) is 0 Å². The molecule has 3 rings (SSSR count). The number of benzene rings is 2. The average Bonchev–Trinajstić information content (AvgIpc) is 2.81. The molecule has 0 fully saturated rings. The molecule has 0 amide bonds. The monoisotopic (exact) mass is 233 g/mol. The van der Waals surface area contributed by atoms with Crippen molar-refractivity contribution in [1.29, 1.82) is 5.26 Å². The molecule has 0 saturated carbocycles. The summed E-state index contributed by atoms with van der Waals surface area (Å²) in [5.74, 6) is 0.837. The molecular formula is C15H11N3. The van der Waals surface area contributed by atoms with Gasteiger partial charge in [-0.05, 0) is 31.2 Å². The molecule has 3 nitrogen and oxygen atoms in total. The van der Waals surface area contributed by atoms with E-state index >= 15 is 0 Å². The lowest BCUT2D eigenvalue weighted by Crippen LogP contribution is -1.80. The van der Waals surface area contributed by atoms with Crippen molar-refractivity contribution in [2.45, 2.75) is 6.92 Å². The highest BCUT2D eigenvalue weighted by atomic mass is 14.9. The van der Waals surface area contributed by atoms with Gasteiger partial charge in [-0.3, -0.25) is 0 Å². The van der Waals surface area contributed by atoms with E-state index in [-0.39, 0.29) is 0 Å². The summed E-state index contributed by atoms with van der Waals surface area (Å²) in [4.78, 5) is 7.79. The van der Waals surface area contributed by atoms with Crippen molar-refractivity contribution in [1.82, 2.24) is 9.97 Å². The molecule has 1 N–H and O–H groups in total. The molecule has 2 aromatic carbocycles. The van der Waals surface area contributed by atoms with Crippen molar-refractivity contribution in [2.24, 2.45) is 0 Å². The minimum Gasteiger partial charge on any atom is -0.338 e. The predicted octanol–water partition coefficient (Wildman–Crippen LogP) is 3.41. The van der Waals surface area contributed by atoms with Crippen molar-refractivity contribution in [2.75, 3.05) is 0 Å². The van der Waals surface area contributed by atoms with Crippen LogP contribution < -0.4 is 0 Å². The highest BCUT2D eigenvalue weighted by Crippen LogP contribution is 2.21. The van der Waals surface area contributed by atoms with Crippen LogP contribution in [0.3, 0.4) is 0 Å². The zero-order chi connectivity index (χ0) is 12.5. The number of hydrogen-bond acceptors (Lipinski definition) is 2. The van der Waals surface area contributed by atoms with E-state index in [0.717, 1.165) is 22.4 Å². The molecule has 0 spiro atoms. The maximum Gasteiger partial charge on any atom is 0.138 e. The maximum atomic E-state index is 8.87. The van der Waals surface area contributed by atoms with E-state index in [2.05, 4.69) is 35.1 Å². The molecule has 1 aromatic heterocycles. The second kappa shape index (κ2) is 4.01.